The van der Waals surface area contributed by atoms with E-state index in [0.29, 0.717) is 27.9 Å². The fraction of sp³-hybridized carbons (Fsp3) is 0.231. The normalized spacial score (nSPS) is 21.7. The summed E-state index contributed by atoms with van der Waals surface area (Å²) in [5, 5.41) is 2.13. The van der Waals surface area contributed by atoms with Gasteiger partial charge in [0.25, 0.3) is 5.91 Å². The highest BCUT2D eigenvalue weighted by molar-refractivity contribution is 6.32. The first-order valence-corrected chi connectivity index (χ1v) is 11.2. The molecule has 3 atom stereocenters. The molecular formula is C26H23ClN2O5. The molecule has 0 spiro atoms. The molecule has 8 heteroatoms. The van der Waals surface area contributed by atoms with Crippen LogP contribution >= 0.6 is 11.6 Å². The highest BCUT2D eigenvalue weighted by Gasteiger charge is 2.60. The molecule has 0 aliphatic carbocycles. The Balaban J connectivity index is 1.56. The molecule has 0 aromatic heterocycles. The highest BCUT2D eigenvalue weighted by atomic mass is 35.5. The molecule has 2 saturated heterocycles. The molecule has 3 aromatic carbocycles. The van der Waals surface area contributed by atoms with Crippen molar-refractivity contribution >= 4 is 34.8 Å². The molecule has 34 heavy (non-hydrogen) atoms. The number of halogens is 1. The zero-order chi connectivity index (χ0) is 24.0. The standard InChI is InChI=1S/C26H23ClN2O5/c1-15-4-7-18(14-21(15)27)28-25(30)22-23(16-5-10-19(32-2)11-6-16)29(34-24(22)26(28)31)17-8-12-20(33-3)13-9-17/h4-14,22-24H,1-3H3/t22-,23-,24+/m1/s1. The number of rotatable bonds is 5. The largest absolute Gasteiger partial charge is 0.497 e. The third kappa shape index (κ3) is 3.57. The zero-order valence-corrected chi connectivity index (χ0v) is 19.7. The number of hydrogen-bond donors (Lipinski definition) is 0. The molecule has 7 nitrogen and oxygen atoms in total. The van der Waals surface area contributed by atoms with E-state index in [1.54, 1.807) is 37.5 Å². The van der Waals surface area contributed by atoms with E-state index in [1.165, 1.54) is 4.90 Å². The molecule has 0 saturated carbocycles. The van der Waals surface area contributed by atoms with Gasteiger partial charge in [-0.15, -0.1) is 0 Å². The fourth-order valence-electron chi connectivity index (χ4n) is 4.48. The molecule has 0 radical (unpaired) electrons. The molecule has 3 aromatic rings. The van der Waals surface area contributed by atoms with Crippen molar-refractivity contribution in [3.05, 3.63) is 82.9 Å². The summed E-state index contributed by atoms with van der Waals surface area (Å²) in [4.78, 5) is 34.5. The molecule has 0 N–H and O–H groups in total. The van der Waals surface area contributed by atoms with Crippen molar-refractivity contribution in [3.63, 3.8) is 0 Å². The number of carbonyl (C=O) groups excluding carboxylic acids is 2. The Morgan fingerprint density at radius 1 is 0.824 bits per heavy atom. The van der Waals surface area contributed by atoms with Crippen LogP contribution < -0.4 is 19.4 Å². The van der Waals surface area contributed by atoms with Gasteiger partial charge in [-0.25, -0.2) is 9.96 Å². The number of amides is 2. The summed E-state index contributed by atoms with van der Waals surface area (Å²) in [5.41, 5.74) is 2.84. The van der Waals surface area contributed by atoms with E-state index in [4.69, 9.17) is 25.9 Å². The summed E-state index contributed by atoms with van der Waals surface area (Å²) in [7, 11) is 3.19. The Labute approximate surface area is 202 Å². The Bertz CT molecular complexity index is 1250. The minimum Gasteiger partial charge on any atom is -0.497 e. The molecule has 5 rings (SSSR count). The molecule has 2 heterocycles. The first kappa shape index (κ1) is 22.3. The van der Waals surface area contributed by atoms with Crippen molar-refractivity contribution in [2.45, 2.75) is 19.1 Å². The monoisotopic (exact) mass is 478 g/mol. The molecule has 0 bridgehead atoms. The molecular weight excluding hydrogens is 456 g/mol. The molecule has 2 aliphatic heterocycles. The second-order valence-corrected chi connectivity index (χ2v) is 8.65. The van der Waals surface area contributed by atoms with Crippen LogP contribution in [0.25, 0.3) is 0 Å². The van der Waals surface area contributed by atoms with Gasteiger partial charge in [0.05, 0.1) is 31.6 Å². The summed E-state index contributed by atoms with van der Waals surface area (Å²) < 4.78 is 10.5. The van der Waals surface area contributed by atoms with Crippen LogP contribution in [0.1, 0.15) is 17.2 Å². The lowest BCUT2D eigenvalue weighted by Gasteiger charge is -2.29. The highest BCUT2D eigenvalue weighted by Crippen LogP contribution is 2.48. The lowest BCUT2D eigenvalue weighted by atomic mass is 9.90. The minimum atomic E-state index is -0.957. The Kier molecular flexibility index (Phi) is 5.67. The van der Waals surface area contributed by atoms with Gasteiger partial charge in [-0.3, -0.25) is 14.4 Å². The number of hydroxylamine groups is 1. The second-order valence-electron chi connectivity index (χ2n) is 8.24. The van der Waals surface area contributed by atoms with E-state index in [2.05, 4.69) is 0 Å². The van der Waals surface area contributed by atoms with Gasteiger partial charge >= 0.3 is 0 Å². The molecule has 2 amide bonds. The fourth-order valence-corrected chi connectivity index (χ4v) is 4.66. The lowest BCUT2D eigenvalue weighted by Crippen LogP contribution is -2.37. The van der Waals surface area contributed by atoms with Gasteiger partial charge in [-0.1, -0.05) is 29.8 Å². The van der Waals surface area contributed by atoms with E-state index in [0.717, 1.165) is 11.1 Å². The smallest absolute Gasteiger partial charge is 0.266 e. The number of imide groups is 1. The van der Waals surface area contributed by atoms with Gasteiger partial charge in [-0.2, -0.15) is 0 Å². The molecule has 174 valence electrons. The molecule has 2 aliphatic rings. The predicted octanol–water partition coefficient (Wildman–Crippen LogP) is 4.72. The Morgan fingerprint density at radius 2 is 1.41 bits per heavy atom. The van der Waals surface area contributed by atoms with Gasteiger partial charge < -0.3 is 9.47 Å². The van der Waals surface area contributed by atoms with Crippen molar-refractivity contribution in [2.75, 3.05) is 24.2 Å². The predicted molar refractivity (Wildman–Crippen MR) is 128 cm³/mol. The third-order valence-corrected chi connectivity index (χ3v) is 6.72. The van der Waals surface area contributed by atoms with E-state index in [-0.39, 0.29) is 5.91 Å². The summed E-state index contributed by atoms with van der Waals surface area (Å²) in [6.45, 7) is 1.87. The van der Waals surface area contributed by atoms with Crippen molar-refractivity contribution in [2.24, 2.45) is 5.92 Å². The first-order valence-electron chi connectivity index (χ1n) is 10.8. The van der Waals surface area contributed by atoms with E-state index < -0.39 is 24.0 Å². The van der Waals surface area contributed by atoms with Crippen molar-refractivity contribution in [1.29, 1.82) is 0 Å². The van der Waals surface area contributed by atoms with Gasteiger partial charge in [-0.05, 0) is 66.6 Å². The van der Waals surface area contributed by atoms with Crippen molar-refractivity contribution < 1.29 is 23.9 Å². The quantitative estimate of drug-likeness (QED) is 0.494. The maximum absolute atomic E-state index is 13.7. The number of carbonyl (C=O) groups is 2. The van der Waals surface area contributed by atoms with E-state index in [9.17, 15) is 9.59 Å². The van der Waals surface area contributed by atoms with Gasteiger partial charge in [0.2, 0.25) is 5.91 Å². The van der Waals surface area contributed by atoms with Crippen LogP contribution in [0.3, 0.4) is 0 Å². The third-order valence-electron chi connectivity index (χ3n) is 6.31. The summed E-state index contributed by atoms with van der Waals surface area (Å²) in [5.74, 6) is -0.0852. The van der Waals surface area contributed by atoms with Crippen molar-refractivity contribution in [1.82, 2.24) is 0 Å². The van der Waals surface area contributed by atoms with Crippen LogP contribution in [0.2, 0.25) is 5.02 Å². The van der Waals surface area contributed by atoms with Gasteiger partial charge in [0.1, 0.15) is 17.4 Å². The van der Waals surface area contributed by atoms with Crippen molar-refractivity contribution in [3.8, 4) is 11.5 Å². The zero-order valence-electron chi connectivity index (χ0n) is 18.9. The second kappa shape index (κ2) is 8.66. The lowest BCUT2D eigenvalue weighted by molar-refractivity contribution is -0.126. The Hall–Kier alpha value is -3.55. The number of anilines is 2. The molecule has 0 unspecified atom stereocenters. The summed E-state index contributed by atoms with van der Waals surface area (Å²) in [6, 6.07) is 19.3. The maximum atomic E-state index is 13.7. The van der Waals surface area contributed by atoms with E-state index in [1.807, 2.05) is 55.5 Å². The summed E-state index contributed by atoms with van der Waals surface area (Å²) in [6.07, 6.45) is -0.957. The number of nitrogens with zero attached hydrogens (tertiary/aromatic N) is 2. The average Bonchev–Trinajstić information content (AvgIpc) is 3.37. The van der Waals surface area contributed by atoms with Gasteiger partial charge in [0, 0.05) is 5.02 Å². The maximum Gasteiger partial charge on any atom is 0.266 e. The van der Waals surface area contributed by atoms with Crippen LogP contribution in [0, 0.1) is 12.8 Å². The Morgan fingerprint density at radius 3 is 2.00 bits per heavy atom. The van der Waals surface area contributed by atoms with Crippen LogP contribution in [0.15, 0.2) is 66.7 Å². The summed E-state index contributed by atoms with van der Waals surface area (Å²) >= 11 is 6.28. The topological polar surface area (TPSA) is 68.3 Å². The number of hydrogen-bond acceptors (Lipinski definition) is 6. The first-order chi connectivity index (χ1) is 16.4. The minimum absolute atomic E-state index is 0.327. The number of fused-ring (bicyclic) bond motifs is 1. The average molecular weight is 479 g/mol. The number of aryl methyl sites for hydroxylation is 1. The van der Waals surface area contributed by atoms with Gasteiger partial charge in [0.15, 0.2) is 6.10 Å². The van der Waals surface area contributed by atoms with Crippen LogP contribution in [-0.4, -0.2) is 32.1 Å². The van der Waals surface area contributed by atoms with Crippen LogP contribution in [-0.2, 0) is 14.4 Å². The molecule has 2 fully saturated rings. The van der Waals surface area contributed by atoms with Crippen LogP contribution in [0.4, 0.5) is 11.4 Å². The SMILES string of the molecule is COc1ccc([C@@H]2[C@H]3C(=O)N(c4ccc(C)c(Cl)c4)C(=O)[C@H]3ON2c2ccc(OC)cc2)cc1. The number of benzene rings is 3. The van der Waals surface area contributed by atoms with E-state index >= 15 is 0 Å². The number of methoxy groups -OCH3 is 2. The number of ether oxygens (including phenoxy) is 2. The van der Waals surface area contributed by atoms with Crippen LogP contribution in [0.5, 0.6) is 11.5 Å².